The second kappa shape index (κ2) is 5.98. The third-order valence-electron chi connectivity index (χ3n) is 11.0. The molecular formula is C24H36O5. The van der Waals surface area contributed by atoms with Gasteiger partial charge in [0.05, 0.1) is 38.4 Å². The first-order valence-corrected chi connectivity index (χ1v) is 11.9. The van der Waals surface area contributed by atoms with E-state index in [1.54, 1.807) is 7.11 Å². The number of carbonyl (C=O) groups is 1. The first-order chi connectivity index (χ1) is 13.9. The number of methoxy groups -OCH3 is 1. The predicted molar refractivity (Wildman–Crippen MR) is 106 cm³/mol. The van der Waals surface area contributed by atoms with Gasteiger partial charge in [0, 0.05) is 18.3 Å². The summed E-state index contributed by atoms with van der Waals surface area (Å²) in [5.74, 6) is 2.34. The number of fused-ring (bicyclic) bond motifs is 4. The smallest absolute Gasteiger partial charge is 0.314 e. The van der Waals surface area contributed by atoms with Gasteiger partial charge >= 0.3 is 5.97 Å². The molecule has 0 aromatic heterocycles. The lowest BCUT2D eigenvalue weighted by atomic mass is 9.43. The lowest BCUT2D eigenvalue weighted by Gasteiger charge is -2.62. The van der Waals surface area contributed by atoms with Gasteiger partial charge in [-0.1, -0.05) is 13.8 Å². The van der Waals surface area contributed by atoms with Gasteiger partial charge in [0.25, 0.3) is 0 Å². The van der Waals surface area contributed by atoms with Crippen molar-refractivity contribution in [2.24, 2.45) is 39.9 Å². The fraction of sp³-hybridized carbons (Fsp3) is 0.958. The quantitative estimate of drug-likeness (QED) is 0.620. The Morgan fingerprint density at radius 1 is 1.00 bits per heavy atom. The van der Waals surface area contributed by atoms with Gasteiger partial charge in [0.2, 0.25) is 0 Å². The summed E-state index contributed by atoms with van der Waals surface area (Å²) in [6, 6.07) is 0. The maximum Gasteiger partial charge on any atom is 0.314 e. The molecule has 2 saturated heterocycles. The molecule has 0 bridgehead atoms. The highest BCUT2D eigenvalue weighted by atomic mass is 16.7. The Kier molecular flexibility index (Phi) is 3.93. The second-order valence-electron chi connectivity index (χ2n) is 11.4. The first-order valence-electron chi connectivity index (χ1n) is 11.9. The Balaban J connectivity index is 1.33. The number of hydrogen-bond donors (Lipinski definition) is 0. The molecule has 0 amide bonds. The fourth-order valence-corrected chi connectivity index (χ4v) is 9.36. The summed E-state index contributed by atoms with van der Waals surface area (Å²) in [5.41, 5.74) is -0.132. The molecule has 6 aliphatic rings. The van der Waals surface area contributed by atoms with E-state index < -0.39 is 5.41 Å². The van der Waals surface area contributed by atoms with Crippen LogP contribution in [-0.2, 0) is 23.7 Å². The summed E-state index contributed by atoms with van der Waals surface area (Å²) in [4.78, 5) is 12.9. The van der Waals surface area contributed by atoms with Crippen molar-refractivity contribution in [2.45, 2.75) is 77.1 Å². The van der Waals surface area contributed by atoms with Crippen LogP contribution in [0, 0.1) is 39.9 Å². The topological polar surface area (TPSA) is 54.0 Å². The van der Waals surface area contributed by atoms with Crippen molar-refractivity contribution in [3.8, 4) is 0 Å². The highest BCUT2D eigenvalue weighted by Crippen LogP contribution is 2.73. The van der Waals surface area contributed by atoms with E-state index in [1.165, 1.54) is 19.3 Å². The summed E-state index contributed by atoms with van der Waals surface area (Å²) in [6.07, 6.45) is 9.24. The van der Waals surface area contributed by atoms with Crippen molar-refractivity contribution >= 4 is 5.97 Å². The van der Waals surface area contributed by atoms with E-state index >= 15 is 0 Å². The summed E-state index contributed by atoms with van der Waals surface area (Å²) < 4.78 is 24.0. The third-order valence-corrected chi connectivity index (χ3v) is 11.0. The van der Waals surface area contributed by atoms with Crippen LogP contribution in [0.5, 0.6) is 0 Å². The number of rotatable bonds is 1. The molecule has 6 rings (SSSR count). The molecule has 4 aliphatic carbocycles. The van der Waals surface area contributed by atoms with Crippen LogP contribution in [0.4, 0.5) is 0 Å². The van der Waals surface area contributed by atoms with Gasteiger partial charge in [0.15, 0.2) is 5.79 Å². The fourth-order valence-electron chi connectivity index (χ4n) is 9.36. The Bertz CT molecular complexity index is 716. The van der Waals surface area contributed by atoms with Gasteiger partial charge in [0.1, 0.15) is 0 Å². The number of esters is 1. The molecule has 2 aliphatic heterocycles. The van der Waals surface area contributed by atoms with Gasteiger partial charge in [-0.15, -0.1) is 0 Å². The SMILES string of the molecule is COC(=O)[C@]12CC[C@H]3[C@@H]4CC[C@@H]5CC6(CC[C@]5(C)[C@H]4C[C@H](OC1)[C@@]32C)OCCO6. The van der Waals surface area contributed by atoms with Gasteiger partial charge in [-0.05, 0) is 67.6 Å². The molecule has 29 heavy (non-hydrogen) atoms. The molecule has 0 radical (unpaired) electrons. The highest BCUT2D eigenvalue weighted by Gasteiger charge is 2.74. The van der Waals surface area contributed by atoms with Gasteiger partial charge < -0.3 is 18.9 Å². The minimum Gasteiger partial charge on any atom is -0.469 e. The predicted octanol–water partition coefficient (Wildman–Crippen LogP) is 3.94. The van der Waals surface area contributed by atoms with E-state index in [1.807, 2.05) is 0 Å². The number of carbonyl (C=O) groups excluding carboxylic acids is 1. The molecule has 4 saturated carbocycles. The van der Waals surface area contributed by atoms with Crippen LogP contribution in [0.15, 0.2) is 0 Å². The largest absolute Gasteiger partial charge is 0.469 e. The molecule has 6 fully saturated rings. The molecule has 2 heterocycles. The van der Waals surface area contributed by atoms with Crippen LogP contribution in [0.2, 0.25) is 0 Å². The highest BCUT2D eigenvalue weighted by molar-refractivity contribution is 5.79. The summed E-state index contributed by atoms with van der Waals surface area (Å²) in [7, 11) is 1.55. The molecule has 5 nitrogen and oxygen atoms in total. The van der Waals surface area contributed by atoms with E-state index in [0.29, 0.717) is 35.7 Å². The van der Waals surface area contributed by atoms with E-state index in [4.69, 9.17) is 18.9 Å². The van der Waals surface area contributed by atoms with Crippen LogP contribution < -0.4 is 0 Å². The van der Waals surface area contributed by atoms with Crippen molar-refractivity contribution in [3.05, 3.63) is 0 Å². The maximum atomic E-state index is 12.9. The zero-order chi connectivity index (χ0) is 20.1. The lowest BCUT2D eigenvalue weighted by molar-refractivity contribution is -0.234. The van der Waals surface area contributed by atoms with Crippen molar-refractivity contribution < 1.29 is 23.7 Å². The average molecular weight is 405 g/mol. The van der Waals surface area contributed by atoms with E-state index in [-0.39, 0.29) is 23.3 Å². The Morgan fingerprint density at radius 2 is 1.79 bits per heavy atom. The van der Waals surface area contributed by atoms with Gasteiger partial charge in [-0.25, -0.2) is 0 Å². The van der Waals surface area contributed by atoms with Gasteiger partial charge in [-0.2, -0.15) is 0 Å². The monoisotopic (exact) mass is 404 g/mol. The van der Waals surface area contributed by atoms with Crippen LogP contribution in [0.3, 0.4) is 0 Å². The molecule has 5 heteroatoms. The zero-order valence-electron chi connectivity index (χ0n) is 18.2. The minimum atomic E-state index is -0.415. The molecule has 162 valence electrons. The molecule has 0 N–H and O–H groups in total. The second-order valence-corrected chi connectivity index (χ2v) is 11.4. The Labute approximate surface area is 174 Å². The summed E-state index contributed by atoms with van der Waals surface area (Å²) >= 11 is 0. The van der Waals surface area contributed by atoms with E-state index in [9.17, 15) is 4.79 Å². The van der Waals surface area contributed by atoms with Crippen molar-refractivity contribution in [2.75, 3.05) is 26.9 Å². The third kappa shape index (κ3) is 2.15. The Hall–Kier alpha value is -0.650. The van der Waals surface area contributed by atoms with Crippen LogP contribution in [-0.4, -0.2) is 44.8 Å². The number of hydrogen-bond acceptors (Lipinski definition) is 5. The minimum absolute atomic E-state index is 0.0292. The van der Waals surface area contributed by atoms with Gasteiger partial charge in [-0.3, -0.25) is 4.79 Å². The van der Waals surface area contributed by atoms with Crippen LogP contribution in [0.1, 0.15) is 65.2 Å². The molecule has 0 aromatic rings. The Morgan fingerprint density at radius 3 is 2.55 bits per heavy atom. The summed E-state index contributed by atoms with van der Waals surface area (Å²) in [5, 5.41) is 0. The van der Waals surface area contributed by atoms with E-state index in [2.05, 4.69) is 13.8 Å². The molecule has 1 spiro atoms. The normalized spacial score (nSPS) is 54.7. The molecule has 0 aromatic carbocycles. The average Bonchev–Trinajstić information content (AvgIpc) is 3.38. The standard InChI is InChI=1S/C24H36O5/c1-21-8-9-24(28-10-11-29-24)13-15(21)4-5-16-17-6-7-23(20(25)26-3)14-27-19(12-18(16)21)22(17,23)2/h15-19H,4-14H2,1-3H3/t15-,16+,17+,18+,19+,21+,22-,23+/m1/s1. The zero-order valence-corrected chi connectivity index (χ0v) is 18.2. The maximum absolute atomic E-state index is 12.9. The van der Waals surface area contributed by atoms with Crippen LogP contribution >= 0.6 is 0 Å². The lowest BCUT2D eigenvalue weighted by Crippen LogP contribution is -2.60. The molecular weight excluding hydrogens is 368 g/mol. The van der Waals surface area contributed by atoms with E-state index in [0.717, 1.165) is 45.3 Å². The summed E-state index contributed by atoms with van der Waals surface area (Å²) in [6.45, 7) is 6.97. The van der Waals surface area contributed by atoms with Crippen LogP contribution in [0.25, 0.3) is 0 Å². The molecule has 0 unspecified atom stereocenters. The van der Waals surface area contributed by atoms with Crippen molar-refractivity contribution in [1.29, 1.82) is 0 Å². The van der Waals surface area contributed by atoms with Crippen molar-refractivity contribution in [1.82, 2.24) is 0 Å². The van der Waals surface area contributed by atoms with Crippen molar-refractivity contribution in [3.63, 3.8) is 0 Å². The number of ether oxygens (including phenoxy) is 4. The molecule has 8 atom stereocenters. The first kappa shape index (κ1) is 19.1.